The van der Waals surface area contributed by atoms with Crippen LogP contribution < -0.4 is 5.32 Å². The molecule has 3 aromatic rings. The molecule has 6 heteroatoms. The van der Waals surface area contributed by atoms with E-state index in [4.69, 9.17) is 16.0 Å². The van der Waals surface area contributed by atoms with Crippen LogP contribution in [0.2, 0.25) is 5.02 Å². The van der Waals surface area contributed by atoms with Gasteiger partial charge in [0.15, 0.2) is 0 Å². The lowest BCUT2D eigenvalue weighted by Crippen LogP contribution is -2.03. The van der Waals surface area contributed by atoms with Gasteiger partial charge in [-0.2, -0.15) is 11.3 Å². The lowest BCUT2D eigenvalue weighted by atomic mass is 10.1. The molecule has 0 aliphatic heterocycles. The third kappa shape index (κ3) is 3.48. The Morgan fingerprint density at radius 2 is 2.18 bits per heavy atom. The van der Waals surface area contributed by atoms with E-state index in [2.05, 4.69) is 40.0 Å². The number of nitrogens with one attached hydrogen (secondary N) is 1. The fraction of sp³-hybridized carbons (Fsp3) is 0.250. The zero-order valence-corrected chi connectivity index (χ0v) is 13.7. The average molecular weight is 334 g/mol. The lowest BCUT2D eigenvalue weighted by molar-refractivity contribution is 0.516. The molecule has 0 atom stereocenters. The van der Waals surface area contributed by atoms with Gasteiger partial charge in [0.2, 0.25) is 5.89 Å². The van der Waals surface area contributed by atoms with E-state index in [1.54, 1.807) is 11.3 Å². The summed E-state index contributed by atoms with van der Waals surface area (Å²) in [6.45, 7) is 2.68. The largest absolute Gasteiger partial charge is 0.408 e. The SMILES string of the molecule is CCc1cccc(Cl)c1CNc1nnc(Cc2ccsc2)o1. The van der Waals surface area contributed by atoms with Gasteiger partial charge in [-0.25, -0.2) is 0 Å². The van der Waals surface area contributed by atoms with Crippen molar-refractivity contribution in [2.24, 2.45) is 0 Å². The van der Waals surface area contributed by atoms with Crippen LogP contribution >= 0.6 is 22.9 Å². The zero-order chi connectivity index (χ0) is 15.4. The smallest absolute Gasteiger partial charge is 0.315 e. The van der Waals surface area contributed by atoms with Crippen LogP contribution in [0.25, 0.3) is 0 Å². The minimum Gasteiger partial charge on any atom is -0.408 e. The first-order valence-corrected chi connectivity index (χ1v) is 8.42. The van der Waals surface area contributed by atoms with Crippen LogP contribution in [0.15, 0.2) is 39.4 Å². The van der Waals surface area contributed by atoms with E-state index < -0.39 is 0 Å². The Labute approximate surface area is 138 Å². The van der Waals surface area contributed by atoms with E-state index in [0.717, 1.165) is 17.0 Å². The first kappa shape index (κ1) is 15.1. The Hall–Kier alpha value is -1.85. The number of rotatable bonds is 6. The molecular formula is C16H16ClN3OS. The van der Waals surface area contributed by atoms with E-state index >= 15 is 0 Å². The molecule has 0 saturated carbocycles. The molecule has 0 aliphatic rings. The summed E-state index contributed by atoms with van der Waals surface area (Å²) in [7, 11) is 0. The van der Waals surface area contributed by atoms with Crippen LogP contribution in [0, 0.1) is 0 Å². The van der Waals surface area contributed by atoms with Gasteiger partial charge in [0.05, 0.1) is 6.42 Å². The third-order valence-corrected chi connectivity index (χ3v) is 4.50. The van der Waals surface area contributed by atoms with E-state index in [1.165, 1.54) is 11.1 Å². The fourth-order valence-corrected chi connectivity index (χ4v) is 3.19. The molecule has 2 aromatic heterocycles. The maximum absolute atomic E-state index is 6.27. The van der Waals surface area contributed by atoms with Crippen LogP contribution in [0.4, 0.5) is 6.01 Å². The molecule has 1 N–H and O–H groups in total. The number of hydrogen-bond acceptors (Lipinski definition) is 5. The number of thiophene rings is 1. The van der Waals surface area contributed by atoms with Crippen LogP contribution in [-0.2, 0) is 19.4 Å². The van der Waals surface area contributed by atoms with Gasteiger partial charge in [-0.1, -0.05) is 35.8 Å². The van der Waals surface area contributed by atoms with Crippen molar-refractivity contribution < 1.29 is 4.42 Å². The van der Waals surface area contributed by atoms with Crippen molar-refractivity contribution in [3.8, 4) is 0 Å². The molecule has 0 aliphatic carbocycles. The first-order chi connectivity index (χ1) is 10.8. The molecule has 0 bridgehead atoms. The second kappa shape index (κ2) is 6.94. The molecule has 0 saturated heterocycles. The number of halogens is 1. The molecule has 0 unspecified atom stereocenters. The highest BCUT2D eigenvalue weighted by Crippen LogP contribution is 2.22. The predicted molar refractivity (Wildman–Crippen MR) is 89.6 cm³/mol. The predicted octanol–water partition coefficient (Wildman–Crippen LogP) is 4.55. The summed E-state index contributed by atoms with van der Waals surface area (Å²) in [5.41, 5.74) is 3.47. The maximum Gasteiger partial charge on any atom is 0.315 e. The van der Waals surface area contributed by atoms with Crippen molar-refractivity contribution >= 4 is 29.0 Å². The van der Waals surface area contributed by atoms with E-state index in [-0.39, 0.29) is 0 Å². The van der Waals surface area contributed by atoms with Gasteiger partial charge >= 0.3 is 6.01 Å². The van der Waals surface area contributed by atoms with Crippen molar-refractivity contribution in [3.63, 3.8) is 0 Å². The molecule has 114 valence electrons. The third-order valence-electron chi connectivity index (χ3n) is 3.42. The van der Waals surface area contributed by atoms with Gasteiger partial charge in [0.1, 0.15) is 0 Å². The summed E-state index contributed by atoms with van der Waals surface area (Å²) in [5, 5.41) is 16.1. The number of nitrogens with zero attached hydrogens (tertiary/aromatic N) is 2. The molecule has 3 rings (SSSR count). The number of aromatic nitrogens is 2. The van der Waals surface area contributed by atoms with Crippen LogP contribution in [0.1, 0.15) is 29.5 Å². The Morgan fingerprint density at radius 1 is 1.27 bits per heavy atom. The van der Waals surface area contributed by atoms with Crippen LogP contribution in [0.5, 0.6) is 0 Å². The van der Waals surface area contributed by atoms with Crippen molar-refractivity contribution in [3.05, 3.63) is 62.6 Å². The number of benzene rings is 1. The zero-order valence-electron chi connectivity index (χ0n) is 12.2. The van der Waals surface area contributed by atoms with Gasteiger partial charge in [0.25, 0.3) is 0 Å². The standard InChI is InChI=1S/C16H16ClN3OS/c1-2-12-4-3-5-14(17)13(12)9-18-16-20-19-15(21-16)8-11-6-7-22-10-11/h3-7,10H,2,8-9H2,1H3,(H,18,20). The van der Waals surface area contributed by atoms with Gasteiger partial charge < -0.3 is 9.73 Å². The quantitative estimate of drug-likeness (QED) is 0.719. The molecular weight excluding hydrogens is 318 g/mol. The number of hydrogen-bond donors (Lipinski definition) is 1. The maximum atomic E-state index is 6.27. The molecule has 4 nitrogen and oxygen atoms in total. The van der Waals surface area contributed by atoms with Crippen molar-refractivity contribution in [2.45, 2.75) is 26.3 Å². The van der Waals surface area contributed by atoms with E-state index in [1.807, 2.05) is 17.5 Å². The highest BCUT2D eigenvalue weighted by molar-refractivity contribution is 7.07. The molecule has 0 fully saturated rings. The summed E-state index contributed by atoms with van der Waals surface area (Å²) < 4.78 is 5.62. The van der Waals surface area contributed by atoms with Crippen molar-refractivity contribution in [1.29, 1.82) is 0 Å². The summed E-state index contributed by atoms with van der Waals surface area (Å²) >= 11 is 7.93. The Bertz CT molecular complexity index is 740. The molecule has 2 heterocycles. The highest BCUT2D eigenvalue weighted by atomic mass is 35.5. The molecule has 1 aromatic carbocycles. The summed E-state index contributed by atoms with van der Waals surface area (Å²) in [6.07, 6.45) is 1.59. The lowest BCUT2D eigenvalue weighted by Gasteiger charge is -2.09. The van der Waals surface area contributed by atoms with E-state index in [0.29, 0.717) is 24.9 Å². The Kier molecular flexibility index (Phi) is 4.75. The second-order valence-electron chi connectivity index (χ2n) is 4.89. The summed E-state index contributed by atoms with van der Waals surface area (Å²) in [4.78, 5) is 0. The first-order valence-electron chi connectivity index (χ1n) is 7.10. The Morgan fingerprint density at radius 3 is 2.95 bits per heavy atom. The van der Waals surface area contributed by atoms with Gasteiger partial charge in [-0.3, -0.25) is 0 Å². The van der Waals surface area contributed by atoms with Crippen LogP contribution in [0.3, 0.4) is 0 Å². The molecule has 0 radical (unpaired) electrons. The molecule has 0 amide bonds. The number of aryl methyl sites for hydroxylation is 1. The second-order valence-corrected chi connectivity index (χ2v) is 6.08. The number of anilines is 1. The normalized spacial score (nSPS) is 10.8. The van der Waals surface area contributed by atoms with Crippen LogP contribution in [-0.4, -0.2) is 10.2 Å². The molecule has 0 spiro atoms. The average Bonchev–Trinajstić information content (AvgIpc) is 3.18. The van der Waals surface area contributed by atoms with Gasteiger partial charge in [-0.15, -0.1) is 5.10 Å². The fourth-order valence-electron chi connectivity index (χ4n) is 2.26. The van der Waals surface area contributed by atoms with Gasteiger partial charge in [-0.05, 0) is 46.0 Å². The van der Waals surface area contributed by atoms with E-state index in [9.17, 15) is 0 Å². The minimum absolute atomic E-state index is 0.423. The van der Waals surface area contributed by atoms with Gasteiger partial charge in [0, 0.05) is 11.6 Å². The van der Waals surface area contributed by atoms with Crippen molar-refractivity contribution in [2.75, 3.05) is 5.32 Å². The summed E-state index contributed by atoms with van der Waals surface area (Å²) in [6, 6.07) is 8.43. The Balaban J connectivity index is 1.66. The topological polar surface area (TPSA) is 51.0 Å². The van der Waals surface area contributed by atoms with Crippen molar-refractivity contribution in [1.82, 2.24) is 10.2 Å². The highest BCUT2D eigenvalue weighted by Gasteiger charge is 2.10. The monoisotopic (exact) mass is 333 g/mol. The molecule has 22 heavy (non-hydrogen) atoms. The minimum atomic E-state index is 0.423. The summed E-state index contributed by atoms with van der Waals surface area (Å²) in [5.74, 6) is 0.607.